The Bertz CT molecular complexity index is 1410. The smallest absolute Gasteiger partial charge is 0.259 e. The number of hydrogen-bond donors (Lipinski definition) is 1. The van der Waals surface area contributed by atoms with Crippen LogP contribution in [0.25, 0.3) is 11.4 Å². The molecule has 0 bridgehead atoms. The van der Waals surface area contributed by atoms with Crippen LogP contribution in [0.15, 0.2) is 42.5 Å². The molecule has 7 nitrogen and oxygen atoms in total. The molecule has 180 valence electrons. The summed E-state index contributed by atoms with van der Waals surface area (Å²) in [6.45, 7) is 4.87. The first-order valence-electron chi connectivity index (χ1n) is 11.7. The standard InChI is InChI=1S/C26H26ClFN6O/c1-16-24(17(2)34(32-16)15-18-8-5-6-9-21(18)27)26(35)29-19-11-12-22(28)20(14-19)25-31-30-23-10-4-3-7-13-33(23)25/h5-6,8-9,11-12,14H,3-4,7,10,13,15H2,1-2H3,(H,29,35). The number of aryl methyl sites for hydroxylation is 2. The Balaban J connectivity index is 1.41. The average Bonchev–Trinajstić information content (AvgIpc) is 3.25. The predicted molar refractivity (Wildman–Crippen MR) is 133 cm³/mol. The van der Waals surface area contributed by atoms with Gasteiger partial charge >= 0.3 is 0 Å². The fourth-order valence-electron chi connectivity index (χ4n) is 4.62. The van der Waals surface area contributed by atoms with E-state index in [1.807, 2.05) is 35.8 Å². The van der Waals surface area contributed by atoms with Gasteiger partial charge in [-0.3, -0.25) is 9.48 Å². The van der Waals surface area contributed by atoms with Crippen molar-refractivity contribution in [2.45, 2.75) is 52.6 Å². The molecule has 1 aliphatic rings. The molecule has 0 unspecified atom stereocenters. The SMILES string of the molecule is Cc1nn(Cc2ccccc2Cl)c(C)c1C(=O)Nc1ccc(F)c(-c2nnc3n2CCCCC3)c1. The molecule has 0 radical (unpaired) electrons. The Morgan fingerprint density at radius 2 is 1.94 bits per heavy atom. The van der Waals surface area contributed by atoms with E-state index in [4.69, 9.17) is 11.6 Å². The van der Waals surface area contributed by atoms with Gasteiger partial charge in [0.1, 0.15) is 11.6 Å². The van der Waals surface area contributed by atoms with Crippen LogP contribution in [0.4, 0.5) is 10.1 Å². The monoisotopic (exact) mass is 492 g/mol. The zero-order chi connectivity index (χ0) is 24.5. The molecule has 0 saturated heterocycles. The maximum atomic E-state index is 14.8. The summed E-state index contributed by atoms with van der Waals surface area (Å²) in [5.74, 6) is 0.671. The molecule has 2 aromatic carbocycles. The molecule has 35 heavy (non-hydrogen) atoms. The first-order chi connectivity index (χ1) is 16.9. The summed E-state index contributed by atoms with van der Waals surface area (Å²) in [4.78, 5) is 13.2. The summed E-state index contributed by atoms with van der Waals surface area (Å²) in [5.41, 5.74) is 3.55. The summed E-state index contributed by atoms with van der Waals surface area (Å²) in [6.07, 6.45) is 4.01. The van der Waals surface area contributed by atoms with Crippen molar-refractivity contribution in [3.05, 3.63) is 81.6 Å². The van der Waals surface area contributed by atoms with Crippen molar-refractivity contribution in [1.82, 2.24) is 24.5 Å². The zero-order valence-corrected chi connectivity index (χ0v) is 20.4. The van der Waals surface area contributed by atoms with E-state index < -0.39 is 5.82 Å². The van der Waals surface area contributed by atoms with Crippen molar-refractivity contribution < 1.29 is 9.18 Å². The highest BCUT2D eigenvalue weighted by Gasteiger charge is 2.22. The first-order valence-corrected chi connectivity index (χ1v) is 12.1. The van der Waals surface area contributed by atoms with Gasteiger partial charge in [0.05, 0.1) is 23.4 Å². The Morgan fingerprint density at radius 3 is 2.77 bits per heavy atom. The fourth-order valence-corrected chi connectivity index (χ4v) is 4.82. The Hall–Kier alpha value is -3.52. The van der Waals surface area contributed by atoms with E-state index in [1.54, 1.807) is 23.7 Å². The number of nitrogens with one attached hydrogen (secondary N) is 1. The number of amides is 1. The number of nitrogens with zero attached hydrogens (tertiary/aromatic N) is 5. The van der Waals surface area contributed by atoms with E-state index in [0.717, 1.165) is 49.3 Å². The van der Waals surface area contributed by atoms with Crippen LogP contribution in [0.3, 0.4) is 0 Å². The van der Waals surface area contributed by atoms with Gasteiger partial charge in [0.2, 0.25) is 0 Å². The van der Waals surface area contributed by atoms with Gasteiger partial charge in [0.25, 0.3) is 5.91 Å². The van der Waals surface area contributed by atoms with Gasteiger partial charge in [-0.1, -0.05) is 36.2 Å². The van der Waals surface area contributed by atoms with Crippen LogP contribution < -0.4 is 5.32 Å². The van der Waals surface area contributed by atoms with Crippen LogP contribution in [-0.2, 0) is 19.5 Å². The summed E-state index contributed by atoms with van der Waals surface area (Å²) in [5, 5.41) is 16.7. The van der Waals surface area contributed by atoms with Gasteiger partial charge in [0.15, 0.2) is 5.82 Å². The van der Waals surface area contributed by atoms with Crippen molar-refractivity contribution in [3.8, 4) is 11.4 Å². The summed E-state index contributed by atoms with van der Waals surface area (Å²) in [7, 11) is 0. The number of halogens is 2. The minimum atomic E-state index is -0.401. The second-order valence-electron chi connectivity index (χ2n) is 8.85. The van der Waals surface area contributed by atoms with Crippen molar-refractivity contribution in [1.29, 1.82) is 0 Å². The number of aromatic nitrogens is 5. The van der Waals surface area contributed by atoms with Crippen LogP contribution in [0, 0.1) is 19.7 Å². The van der Waals surface area contributed by atoms with E-state index in [2.05, 4.69) is 20.6 Å². The zero-order valence-electron chi connectivity index (χ0n) is 19.7. The van der Waals surface area contributed by atoms with E-state index in [-0.39, 0.29) is 5.91 Å². The van der Waals surface area contributed by atoms with Crippen molar-refractivity contribution in [2.24, 2.45) is 0 Å². The maximum Gasteiger partial charge on any atom is 0.259 e. The van der Waals surface area contributed by atoms with Crippen LogP contribution >= 0.6 is 11.6 Å². The van der Waals surface area contributed by atoms with Gasteiger partial charge in [0, 0.05) is 29.4 Å². The Kier molecular flexibility index (Phi) is 6.38. The van der Waals surface area contributed by atoms with Crippen LogP contribution in [-0.4, -0.2) is 30.5 Å². The second-order valence-corrected chi connectivity index (χ2v) is 9.25. The topological polar surface area (TPSA) is 77.6 Å². The van der Waals surface area contributed by atoms with E-state index in [0.29, 0.717) is 39.9 Å². The first kappa shape index (κ1) is 23.2. The molecule has 1 aliphatic heterocycles. The van der Waals surface area contributed by atoms with Gasteiger partial charge in [-0.25, -0.2) is 4.39 Å². The molecule has 0 fully saturated rings. The molecule has 1 amide bonds. The number of carbonyl (C=O) groups excluding carboxylic acids is 1. The molecule has 0 saturated carbocycles. The van der Waals surface area contributed by atoms with Crippen LogP contribution in [0.5, 0.6) is 0 Å². The normalized spacial score (nSPS) is 13.4. The predicted octanol–water partition coefficient (Wildman–Crippen LogP) is 5.58. The largest absolute Gasteiger partial charge is 0.322 e. The molecule has 2 aromatic heterocycles. The van der Waals surface area contributed by atoms with Gasteiger partial charge in [-0.15, -0.1) is 10.2 Å². The number of hydrogen-bond acceptors (Lipinski definition) is 4. The van der Waals surface area contributed by atoms with Gasteiger partial charge in [-0.2, -0.15) is 5.10 Å². The van der Waals surface area contributed by atoms with Gasteiger partial charge in [-0.05, 0) is 56.5 Å². The van der Waals surface area contributed by atoms with Crippen LogP contribution in [0.1, 0.15) is 52.4 Å². The van der Waals surface area contributed by atoms with E-state index in [1.165, 1.54) is 6.07 Å². The Morgan fingerprint density at radius 1 is 1.11 bits per heavy atom. The fraction of sp³-hybridized carbons (Fsp3) is 0.308. The summed E-state index contributed by atoms with van der Waals surface area (Å²) in [6, 6.07) is 12.1. The second kappa shape index (κ2) is 9.62. The van der Waals surface area contributed by atoms with Gasteiger partial charge < -0.3 is 9.88 Å². The third-order valence-corrected chi connectivity index (χ3v) is 6.83. The van der Waals surface area contributed by atoms with Crippen LogP contribution in [0.2, 0.25) is 5.02 Å². The van der Waals surface area contributed by atoms with Crippen molar-refractivity contribution in [2.75, 3.05) is 5.32 Å². The van der Waals surface area contributed by atoms with E-state index in [9.17, 15) is 9.18 Å². The molecule has 0 aliphatic carbocycles. The highest BCUT2D eigenvalue weighted by molar-refractivity contribution is 6.31. The number of fused-ring (bicyclic) bond motifs is 1. The summed E-state index contributed by atoms with van der Waals surface area (Å²) >= 11 is 6.30. The van der Waals surface area contributed by atoms with E-state index >= 15 is 0 Å². The molecule has 5 rings (SSSR count). The molecule has 9 heteroatoms. The quantitative estimate of drug-likeness (QED) is 0.394. The molecule has 4 aromatic rings. The Labute approximate surface area is 207 Å². The third kappa shape index (κ3) is 4.58. The minimum absolute atomic E-state index is 0.303. The lowest BCUT2D eigenvalue weighted by molar-refractivity contribution is 0.102. The highest BCUT2D eigenvalue weighted by atomic mass is 35.5. The number of benzene rings is 2. The van der Waals surface area contributed by atoms with Crippen molar-refractivity contribution >= 4 is 23.2 Å². The maximum absolute atomic E-state index is 14.8. The lowest BCUT2D eigenvalue weighted by atomic mass is 10.1. The molecule has 0 atom stereocenters. The lowest BCUT2D eigenvalue weighted by Crippen LogP contribution is -2.15. The molecule has 0 spiro atoms. The third-order valence-electron chi connectivity index (χ3n) is 6.46. The molecular formula is C26H26ClFN6O. The summed E-state index contributed by atoms with van der Waals surface area (Å²) < 4.78 is 18.6. The molecular weight excluding hydrogens is 467 g/mol. The minimum Gasteiger partial charge on any atom is -0.322 e. The van der Waals surface area contributed by atoms with Crippen molar-refractivity contribution in [3.63, 3.8) is 0 Å². The molecule has 1 N–H and O–H groups in total. The number of carbonyl (C=O) groups is 1. The number of anilines is 1. The lowest BCUT2D eigenvalue weighted by Gasteiger charge is -2.11. The number of rotatable bonds is 5. The highest BCUT2D eigenvalue weighted by Crippen LogP contribution is 2.28. The molecule has 3 heterocycles. The average molecular weight is 493 g/mol.